The number of hydrogen-bond acceptors (Lipinski definition) is 3. The van der Waals surface area contributed by atoms with Crippen molar-refractivity contribution in [2.24, 2.45) is 23.3 Å². The molecule has 3 unspecified atom stereocenters. The highest BCUT2D eigenvalue weighted by Crippen LogP contribution is 2.44. The average Bonchev–Trinajstić information content (AvgIpc) is 2.74. The first-order chi connectivity index (χ1) is 6.70. The lowest BCUT2D eigenvalue weighted by molar-refractivity contribution is -0.115. The molecular weight excluding hydrogens is 178 g/mol. The van der Waals surface area contributed by atoms with E-state index in [-0.39, 0.29) is 0 Å². The molecule has 3 atom stereocenters. The third-order valence-corrected chi connectivity index (χ3v) is 3.51. The van der Waals surface area contributed by atoms with Gasteiger partial charge in [-0.2, -0.15) is 0 Å². The van der Waals surface area contributed by atoms with E-state index in [4.69, 9.17) is 11.5 Å². The average molecular weight is 195 g/mol. The van der Waals surface area contributed by atoms with Crippen LogP contribution in [0.3, 0.4) is 0 Å². The second kappa shape index (κ2) is 3.52. The molecule has 2 saturated carbocycles. The van der Waals surface area contributed by atoms with Crippen LogP contribution >= 0.6 is 0 Å². The van der Waals surface area contributed by atoms with Gasteiger partial charge in [-0.25, -0.2) is 0 Å². The third-order valence-electron chi connectivity index (χ3n) is 3.51. The lowest BCUT2D eigenvalue weighted by atomic mass is 9.95. The molecule has 78 valence electrons. The van der Waals surface area contributed by atoms with Gasteiger partial charge in [-0.05, 0) is 31.1 Å². The Morgan fingerprint density at radius 1 is 1.36 bits per heavy atom. The first kappa shape index (κ1) is 9.37. The summed E-state index contributed by atoms with van der Waals surface area (Å²) in [6, 6.07) is 0.413. The van der Waals surface area contributed by atoms with Gasteiger partial charge >= 0.3 is 0 Å². The standard InChI is InChI=1S/C10H17N3O/c11-5-9(10(12)14)13-8-4-6-1-2-7(8)3-6/h5-8,13H,1-4,11H2,(H2,12,14). The topological polar surface area (TPSA) is 81.1 Å². The van der Waals surface area contributed by atoms with E-state index in [0.29, 0.717) is 17.7 Å². The molecule has 0 aromatic heterocycles. The fraction of sp³-hybridized carbons (Fsp3) is 0.700. The minimum atomic E-state index is -0.463. The van der Waals surface area contributed by atoms with Crippen molar-refractivity contribution in [2.45, 2.75) is 31.7 Å². The summed E-state index contributed by atoms with van der Waals surface area (Å²) < 4.78 is 0. The van der Waals surface area contributed by atoms with E-state index >= 15 is 0 Å². The highest BCUT2D eigenvalue weighted by atomic mass is 16.1. The summed E-state index contributed by atoms with van der Waals surface area (Å²) in [4.78, 5) is 10.9. The normalized spacial score (nSPS) is 36.0. The smallest absolute Gasteiger partial charge is 0.266 e. The van der Waals surface area contributed by atoms with E-state index in [1.54, 1.807) is 0 Å². The molecule has 0 aliphatic heterocycles. The number of fused-ring (bicyclic) bond motifs is 2. The molecule has 2 aliphatic carbocycles. The van der Waals surface area contributed by atoms with E-state index < -0.39 is 5.91 Å². The van der Waals surface area contributed by atoms with Crippen molar-refractivity contribution in [3.63, 3.8) is 0 Å². The number of rotatable bonds is 3. The molecule has 0 aromatic carbocycles. The van der Waals surface area contributed by atoms with Gasteiger partial charge < -0.3 is 16.8 Å². The van der Waals surface area contributed by atoms with Crippen LogP contribution in [0.15, 0.2) is 11.9 Å². The van der Waals surface area contributed by atoms with Crippen LogP contribution in [-0.4, -0.2) is 11.9 Å². The number of primary amides is 1. The highest BCUT2D eigenvalue weighted by molar-refractivity contribution is 5.91. The Kier molecular flexibility index (Phi) is 2.35. The van der Waals surface area contributed by atoms with Crippen molar-refractivity contribution < 1.29 is 4.79 Å². The van der Waals surface area contributed by atoms with Crippen LogP contribution < -0.4 is 16.8 Å². The molecule has 0 aromatic rings. The number of nitrogens with two attached hydrogens (primary N) is 2. The molecule has 2 rings (SSSR count). The Balaban J connectivity index is 1.95. The zero-order valence-electron chi connectivity index (χ0n) is 8.20. The van der Waals surface area contributed by atoms with Gasteiger partial charge in [0.15, 0.2) is 0 Å². The first-order valence-electron chi connectivity index (χ1n) is 5.19. The molecule has 2 aliphatic rings. The van der Waals surface area contributed by atoms with Crippen molar-refractivity contribution in [2.75, 3.05) is 0 Å². The summed E-state index contributed by atoms with van der Waals surface area (Å²) in [5.74, 6) is 1.11. The van der Waals surface area contributed by atoms with Crippen LogP contribution in [0.2, 0.25) is 0 Å². The number of nitrogens with one attached hydrogen (secondary N) is 1. The maximum atomic E-state index is 10.9. The van der Waals surface area contributed by atoms with Crippen LogP contribution in [0.4, 0.5) is 0 Å². The van der Waals surface area contributed by atoms with Crippen molar-refractivity contribution in [1.82, 2.24) is 5.32 Å². The van der Waals surface area contributed by atoms with Gasteiger partial charge in [0.2, 0.25) is 0 Å². The van der Waals surface area contributed by atoms with Crippen LogP contribution in [0.25, 0.3) is 0 Å². The zero-order chi connectivity index (χ0) is 10.1. The summed E-state index contributed by atoms with van der Waals surface area (Å²) in [7, 11) is 0. The number of hydrogen-bond donors (Lipinski definition) is 3. The van der Waals surface area contributed by atoms with Crippen molar-refractivity contribution >= 4 is 5.91 Å². The summed E-state index contributed by atoms with van der Waals surface area (Å²) in [6.07, 6.45) is 6.36. The van der Waals surface area contributed by atoms with E-state index in [1.165, 1.54) is 25.5 Å². The van der Waals surface area contributed by atoms with Gasteiger partial charge in [-0.3, -0.25) is 4.79 Å². The first-order valence-corrected chi connectivity index (χ1v) is 5.19. The van der Waals surface area contributed by atoms with Gasteiger partial charge in [0.1, 0.15) is 5.70 Å². The molecular formula is C10H17N3O. The lowest BCUT2D eigenvalue weighted by Gasteiger charge is -2.24. The summed E-state index contributed by atoms with van der Waals surface area (Å²) in [5, 5.41) is 3.16. The van der Waals surface area contributed by atoms with Crippen molar-refractivity contribution in [1.29, 1.82) is 0 Å². The van der Waals surface area contributed by atoms with Gasteiger partial charge in [-0.15, -0.1) is 0 Å². The molecule has 1 amide bonds. The molecule has 0 saturated heterocycles. The van der Waals surface area contributed by atoms with Crippen LogP contribution in [-0.2, 0) is 4.79 Å². The zero-order valence-corrected chi connectivity index (χ0v) is 8.20. The summed E-state index contributed by atoms with van der Waals surface area (Å²) in [6.45, 7) is 0. The minimum absolute atomic E-state index is 0.363. The molecule has 4 heteroatoms. The van der Waals surface area contributed by atoms with Crippen molar-refractivity contribution in [3.8, 4) is 0 Å². The number of carbonyl (C=O) groups excluding carboxylic acids is 1. The fourth-order valence-corrected chi connectivity index (χ4v) is 2.82. The van der Waals surface area contributed by atoms with Crippen LogP contribution in [0.5, 0.6) is 0 Å². The van der Waals surface area contributed by atoms with Crippen molar-refractivity contribution in [3.05, 3.63) is 11.9 Å². The second-order valence-electron chi connectivity index (χ2n) is 4.37. The Morgan fingerprint density at radius 3 is 2.57 bits per heavy atom. The molecule has 0 heterocycles. The number of amides is 1. The Labute approximate surface area is 83.7 Å². The summed E-state index contributed by atoms with van der Waals surface area (Å²) >= 11 is 0. The van der Waals surface area contributed by atoms with Crippen LogP contribution in [0, 0.1) is 11.8 Å². The number of carbonyl (C=O) groups is 1. The van der Waals surface area contributed by atoms with Gasteiger partial charge in [0.05, 0.1) is 0 Å². The van der Waals surface area contributed by atoms with Gasteiger partial charge in [0.25, 0.3) is 5.91 Å². The maximum absolute atomic E-state index is 10.9. The Bertz CT molecular complexity index is 275. The Morgan fingerprint density at radius 2 is 2.14 bits per heavy atom. The summed E-state index contributed by atoms with van der Waals surface area (Å²) in [5.41, 5.74) is 10.9. The van der Waals surface area contributed by atoms with Gasteiger partial charge in [0, 0.05) is 12.2 Å². The molecule has 2 fully saturated rings. The molecule has 0 spiro atoms. The monoisotopic (exact) mass is 195 g/mol. The maximum Gasteiger partial charge on any atom is 0.266 e. The fourth-order valence-electron chi connectivity index (χ4n) is 2.82. The molecule has 5 N–H and O–H groups in total. The lowest BCUT2D eigenvalue weighted by Crippen LogP contribution is -2.38. The van der Waals surface area contributed by atoms with Gasteiger partial charge in [-0.1, -0.05) is 6.42 Å². The minimum Gasteiger partial charge on any atom is -0.403 e. The quantitative estimate of drug-likeness (QED) is 0.556. The second-order valence-corrected chi connectivity index (χ2v) is 4.37. The van der Waals surface area contributed by atoms with E-state index in [9.17, 15) is 4.79 Å². The van der Waals surface area contributed by atoms with E-state index in [0.717, 1.165) is 12.3 Å². The molecule has 2 bridgehead atoms. The molecule has 4 nitrogen and oxygen atoms in total. The SMILES string of the molecule is NC=C(NC1CC2CCC1C2)C(N)=O. The molecule has 14 heavy (non-hydrogen) atoms. The Hall–Kier alpha value is -1.19. The predicted octanol–water partition coefficient (Wildman–Crippen LogP) is 0.0500. The van der Waals surface area contributed by atoms with E-state index in [2.05, 4.69) is 5.32 Å². The van der Waals surface area contributed by atoms with Crippen LogP contribution in [0.1, 0.15) is 25.7 Å². The van der Waals surface area contributed by atoms with E-state index in [1.807, 2.05) is 0 Å². The third kappa shape index (κ3) is 1.56. The molecule has 0 radical (unpaired) electrons. The predicted molar refractivity (Wildman–Crippen MR) is 53.8 cm³/mol. The largest absolute Gasteiger partial charge is 0.403 e. The highest BCUT2D eigenvalue weighted by Gasteiger charge is 2.39.